The smallest absolute Gasteiger partial charge is 0.382 e. The maximum absolute atomic E-state index is 12.1. The highest BCUT2D eigenvalue weighted by atomic mass is 19.4. The number of halogens is 3. The van der Waals surface area contributed by atoms with Crippen molar-refractivity contribution in [2.75, 3.05) is 6.54 Å². The fourth-order valence-corrected chi connectivity index (χ4v) is 2.09. The Bertz CT molecular complexity index is 208. The van der Waals surface area contributed by atoms with Crippen LogP contribution in [0.2, 0.25) is 0 Å². The average Bonchev–Trinajstić information content (AvgIpc) is 2.38. The summed E-state index contributed by atoms with van der Waals surface area (Å²) in [6.07, 6.45) is -1.67. The van der Waals surface area contributed by atoms with Crippen molar-refractivity contribution in [3.63, 3.8) is 0 Å². The highest BCUT2D eigenvalue weighted by Gasteiger charge is 2.38. The summed E-state index contributed by atoms with van der Waals surface area (Å²) in [5.41, 5.74) is 0. The molecule has 1 aliphatic carbocycles. The molecule has 1 fully saturated rings. The Balaban J connectivity index is 2.27. The van der Waals surface area contributed by atoms with Crippen molar-refractivity contribution in [1.29, 1.82) is 0 Å². The van der Waals surface area contributed by atoms with Gasteiger partial charge in [-0.25, -0.2) is 0 Å². The van der Waals surface area contributed by atoms with Crippen LogP contribution in [-0.4, -0.2) is 30.0 Å². The lowest BCUT2D eigenvalue weighted by molar-refractivity contribution is -0.202. The van der Waals surface area contributed by atoms with Gasteiger partial charge in [0.15, 0.2) is 6.10 Å². The van der Waals surface area contributed by atoms with Gasteiger partial charge in [0.25, 0.3) is 0 Å². The molecule has 0 bridgehead atoms. The Hall–Kier alpha value is -0.290. The van der Waals surface area contributed by atoms with E-state index in [1.165, 1.54) is 0 Å². The largest absolute Gasteiger partial charge is 0.415 e. The molecule has 1 saturated carbocycles. The first-order valence-corrected chi connectivity index (χ1v) is 5.87. The molecule has 0 spiro atoms. The number of hydrogen-bond donors (Lipinski definition) is 2. The lowest BCUT2D eigenvalue weighted by Gasteiger charge is -2.20. The van der Waals surface area contributed by atoms with Gasteiger partial charge in [-0.3, -0.25) is 0 Å². The maximum atomic E-state index is 12.1. The highest BCUT2D eigenvalue weighted by molar-refractivity contribution is 4.76. The van der Waals surface area contributed by atoms with Gasteiger partial charge < -0.3 is 10.4 Å². The van der Waals surface area contributed by atoms with E-state index in [1.54, 1.807) is 0 Å². The molecule has 0 heterocycles. The van der Waals surface area contributed by atoms with Crippen LogP contribution in [0.4, 0.5) is 13.2 Å². The third kappa shape index (κ3) is 4.70. The van der Waals surface area contributed by atoms with E-state index < -0.39 is 12.3 Å². The lowest BCUT2D eigenvalue weighted by Crippen LogP contribution is -2.42. The molecule has 16 heavy (non-hydrogen) atoms. The van der Waals surface area contributed by atoms with Gasteiger partial charge in [-0.1, -0.05) is 19.8 Å². The summed E-state index contributed by atoms with van der Waals surface area (Å²) in [6.45, 7) is 1.79. The van der Waals surface area contributed by atoms with E-state index in [9.17, 15) is 13.2 Å². The second-order valence-electron chi connectivity index (χ2n) is 4.78. The Morgan fingerprint density at radius 1 is 1.25 bits per heavy atom. The Morgan fingerprint density at radius 2 is 1.94 bits per heavy atom. The van der Waals surface area contributed by atoms with E-state index in [4.69, 9.17) is 5.11 Å². The second kappa shape index (κ2) is 5.87. The van der Waals surface area contributed by atoms with Crippen molar-refractivity contribution in [1.82, 2.24) is 5.32 Å². The number of hydrogen-bond acceptors (Lipinski definition) is 2. The molecule has 5 heteroatoms. The predicted molar refractivity (Wildman–Crippen MR) is 56.1 cm³/mol. The van der Waals surface area contributed by atoms with Crippen molar-refractivity contribution < 1.29 is 18.3 Å². The Morgan fingerprint density at radius 3 is 2.56 bits per heavy atom. The number of rotatable bonds is 3. The number of aliphatic hydroxyl groups excluding tert-OH is 1. The molecule has 0 aliphatic heterocycles. The minimum absolute atomic E-state index is 0.127. The van der Waals surface area contributed by atoms with Crippen LogP contribution in [0.25, 0.3) is 0 Å². The molecule has 0 saturated heterocycles. The van der Waals surface area contributed by atoms with Crippen LogP contribution in [0.3, 0.4) is 0 Å². The van der Waals surface area contributed by atoms with Gasteiger partial charge in [0, 0.05) is 12.6 Å². The van der Waals surface area contributed by atoms with E-state index in [0.29, 0.717) is 5.92 Å². The molecular formula is C11H20F3NO. The fourth-order valence-electron chi connectivity index (χ4n) is 2.09. The quantitative estimate of drug-likeness (QED) is 0.741. The maximum Gasteiger partial charge on any atom is 0.415 e. The molecule has 96 valence electrons. The SMILES string of the molecule is CC1CCCC(NCC(O)C(F)(F)F)CC1. The first-order valence-electron chi connectivity index (χ1n) is 5.87. The number of aliphatic hydroxyl groups is 1. The molecule has 2 N–H and O–H groups in total. The minimum Gasteiger partial charge on any atom is -0.382 e. The van der Waals surface area contributed by atoms with Crippen LogP contribution in [0.15, 0.2) is 0 Å². The summed E-state index contributed by atoms with van der Waals surface area (Å²) in [6, 6.07) is 0.127. The van der Waals surface area contributed by atoms with Gasteiger partial charge in [0.2, 0.25) is 0 Å². The number of alkyl halides is 3. The van der Waals surface area contributed by atoms with E-state index >= 15 is 0 Å². The molecule has 0 aromatic rings. The van der Waals surface area contributed by atoms with Crippen LogP contribution in [-0.2, 0) is 0 Å². The summed E-state index contributed by atoms with van der Waals surface area (Å²) in [5, 5.41) is 11.7. The summed E-state index contributed by atoms with van der Waals surface area (Å²) in [4.78, 5) is 0. The molecule has 3 unspecified atom stereocenters. The van der Waals surface area contributed by atoms with Gasteiger partial charge in [0.05, 0.1) is 0 Å². The van der Waals surface area contributed by atoms with E-state index in [1.807, 2.05) is 0 Å². The predicted octanol–water partition coefficient (Wildman–Crippen LogP) is 2.47. The van der Waals surface area contributed by atoms with Crippen molar-refractivity contribution in [2.45, 2.75) is 57.3 Å². The van der Waals surface area contributed by atoms with E-state index in [-0.39, 0.29) is 12.6 Å². The van der Waals surface area contributed by atoms with Gasteiger partial charge in [-0.05, 0) is 25.2 Å². The van der Waals surface area contributed by atoms with Crippen LogP contribution in [0, 0.1) is 5.92 Å². The second-order valence-corrected chi connectivity index (χ2v) is 4.78. The highest BCUT2D eigenvalue weighted by Crippen LogP contribution is 2.23. The first-order chi connectivity index (χ1) is 7.39. The monoisotopic (exact) mass is 239 g/mol. The zero-order valence-corrected chi connectivity index (χ0v) is 9.56. The van der Waals surface area contributed by atoms with E-state index in [0.717, 1.165) is 32.1 Å². The average molecular weight is 239 g/mol. The normalized spacial score (nSPS) is 29.8. The zero-order valence-electron chi connectivity index (χ0n) is 9.56. The Labute approximate surface area is 94.2 Å². The van der Waals surface area contributed by atoms with Gasteiger partial charge >= 0.3 is 6.18 Å². The molecular weight excluding hydrogens is 219 g/mol. The summed E-state index contributed by atoms with van der Waals surface area (Å²) in [5.74, 6) is 0.666. The molecule has 1 aliphatic rings. The molecule has 0 amide bonds. The molecule has 2 nitrogen and oxygen atoms in total. The van der Waals surface area contributed by atoms with Crippen LogP contribution in [0.1, 0.15) is 39.0 Å². The fraction of sp³-hybridized carbons (Fsp3) is 1.00. The van der Waals surface area contributed by atoms with E-state index in [2.05, 4.69) is 12.2 Å². The topological polar surface area (TPSA) is 32.3 Å². The lowest BCUT2D eigenvalue weighted by atomic mass is 10.0. The zero-order chi connectivity index (χ0) is 12.2. The van der Waals surface area contributed by atoms with Gasteiger partial charge in [-0.15, -0.1) is 0 Å². The van der Waals surface area contributed by atoms with Crippen molar-refractivity contribution in [3.8, 4) is 0 Å². The summed E-state index contributed by atoms with van der Waals surface area (Å²) >= 11 is 0. The third-order valence-electron chi connectivity index (χ3n) is 3.24. The van der Waals surface area contributed by atoms with Gasteiger partial charge in [-0.2, -0.15) is 13.2 Å². The van der Waals surface area contributed by atoms with Crippen LogP contribution in [0.5, 0.6) is 0 Å². The van der Waals surface area contributed by atoms with Crippen LogP contribution >= 0.6 is 0 Å². The standard InChI is InChI=1S/C11H20F3NO/c1-8-3-2-4-9(6-5-8)15-7-10(16)11(12,13)14/h8-10,15-16H,2-7H2,1H3. The molecule has 0 aromatic heterocycles. The van der Waals surface area contributed by atoms with Crippen molar-refractivity contribution in [2.24, 2.45) is 5.92 Å². The minimum atomic E-state index is -4.51. The van der Waals surface area contributed by atoms with Crippen LogP contribution < -0.4 is 5.32 Å². The van der Waals surface area contributed by atoms with Crippen molar-refractivity contribution in [3.05, 3.63) is 0 Å². The Kier molecular flexibility index (Phi) is 5.05. The molecule has 0 radical (unpaired) electrons. The van der Waals surface area contributed by atoms with Crippen molar-refractivity contribution >= 4 is 0 Å². The third-order valence-corrected chi connectivity index (χ3v) is 3.24. The number of nitrogens with one attached hydrogen (secondary N) is 1. The molecule has 3 atom stereocenters. The first kappa shape index (κ1) is 13.8. The van der Waals surface area contributed by atoms with Gasteiger partial charge in [0.1, 0.15) is 0 Å². The summed E-state index contributed by atoms with van der Waals surface area (Å²) < 4.78 is 36.2. The summed E-state index contributed by atoms with van der Waals surface area (Å²) in [7, 11) is 0. The molecule has 0 aromatic carbocycles. The molecule has 1 rings (SSSR count).